The van der Waals surface area contributed by atoms with E-state index in [4.69, 9.17) is 0 Å². The molecule has 0 radical (unpaired) electrons. The summed E-state index contributed by atoms with van der Waals surface area (Å²) in [5.74, 6) is 0.710. The highest BCUT2D eigenvalue weighted by molar-refractivity contribution is 5.97. The van der Waals surface area contributed by atoms with Gasteiger partial charge in [-0.3, -0.25) is 14.4 Å². The summed E-state index contributed by atoms with van der Waals surface area (Å²) in [6.07, 6.45) is 4.32. The Bertz CT molecular complexity index is 791. The molecule has 1 aromatic heterocycles. The van der Waals surface area contributed by atoms with Gasteiger partial charge in [0.15, 0.2) is 5.78 Å². The molecule has 0 saturated carbocycles. The van der Waals surface area contributed by atoms with Crippen LogP contribution in [0, 0.1) is 20.8 Å². The SMILES string of the molecule is CC(=O)c1c(C)cc(C)c(CN2CCC[C@@H](c3ccnn3C)C2)c1C. The van der Waals surface area contributed by atoms with Crippen molar-refractivity contribution in [2.24, 2.45) is 7.05 Å². The van der Waals surface area contributed by atoms with E-state index in [0.717, 1.165) is 36.3 Å². The number of ketones is 1. The maximum atomic E-state index is 12.1. The highest BCUT2D eigenvalue weighted by Crippen LogP contribution is 2.29. The van der Waals surface area contributed by atoms with Gasteiger partial charge in [0, 0.05) is 43.5 Å². The van der Waals surface area contributed by atoms with Crippen LogP contribution in [0.1, 0.15) is 64.0 Å². The van der Waals surface area contributed by atoms with Crippen LogP contribution in [0.5, 0.6) is 0 Å². The molecule has 4 nitrogen and oxygen atoms in total. The second-order valence-corrected chi connectivity index (χ2v) is 7.50. The molecule has 134 valence electrons. The Kier molecular flexibility index (Phi) is 5.09. The largest absolute Gasteiger partial charge is 0.298 e. The average Bonchev–Trinajstić information content (AvgIpc) is 2.97. The molecule has 0 aliphatic carbocycles. The molecule has 1 aliphatic rings. The van der Waals surface area contributed by atoms with Gasteiger partial charge in [0.1, 0.15) is 0 Å². The number of rotatable bonds is 4. The number of benzene rings is 1. The predicted octanol–water partition coefficient (Wildman–Crippen LogP) is 3.93. The Balaban J connectivity index is 1.84. The molecule has 0 spiro atoms. The number of Topliss-reactive ketones (excluding diaryl/α,β-unsaturated/α-hetero) is 1. The molecule has 0 bridgehead atoms. The third kappa shape index (κ3) is 3.54. The summed E-state index contributed by atoms with van der Waals surface area (Å²) in [5.41, 5.74) is 7.10. The van der Waals surface area contributed by atoms with Gasteiger partial charge in [-0.15, -0.1) is 0 Å². The van der Waals surface area contributed by atoms with Crippen LogP contribution in [0.2, 0.25) is 0 Å². The fraction of sp³-hybridized carbons (Fsp3) is 0.524. The van der Waals surface area contributed by atoms with Crippen molar-refractivity contribution in [3.05, 3.63) is 51.8 Å². The zero-order chi connectivity index (χ0) is 18.1. The van der Waals surface area contributed by atoms with E-state index in [1.807, 2.05) is 24.9 Å². The zero-order valence-corrected chi connectivity index (χ0v) is 16.1. The third-order valence-electron chi connectivity index (χ3n) is 5.65. The monoisotopic (exact) mass is 339 g/mol. The van der Waals surface area contributed by atoms with Gasteiger partial charge in [-0.2, -0.15) is 5.10 Å². The van der Waals surface area contributed by atoms with Crippen molar-refractivity contribution in [3.8, 4) is 0 Å². The topological polar surface area (TPSA) is 38.1 Å². The highest BCUT2D eigenvalue weighted by Gasteiger charge is 2.25. The second kappa shape index (κ2) is 7.12. The lowest BCUT2D eigenvalue weighted by molar-refractivity contribution is 0.101. The van der Waals surface area contributed by atoms with Crippen LogP contribution in [0.3, 0.4) is 0 Å². The average molecular weight is 339 g/mol. The Morgan fingerprint density at radius 1 is 1.28 bits per heavy atom. The number of carbonyl (C=O) groups is 1. The van der Waals surface area contributed by atoms with Crippen molar-refractivity contribution >= 4 is 5.78 Å². The van der Waals surface area contributed by atoms with E-state index in [9.17, 15) is 4.79 Å². The zero-order valence-electron chi connectivity index (χ0n) is 16.1. The smallest absolute Gasteiger partial charge is 0.160 e. The van der Waals surface area contributed by atoms with E-state index in [2.05, 4.69) is 36.0 Å². The van der Waals surface area contributed by atoms with Gasteiger partial charge in [-0.25, -0.2) is 0 Å². The van der Waals surface area contributed by atoms with Gasteiger partial charge >= 0.3 is 0 Å². The van der Waals surface area contributed by atoms with E-state index >= 15 is 0 Å². The molecule has 1 aliphatic heterocycles. The Hall–Kier alpha value is -1.94. The second-order valence-electron chi connectivity index (χ2n) is 7.50. The van der Waals surface area contributed by atoms with Gasteiger partial charge in [0.05, 0.1) is 0 Å². The van der Waals surface area contributed by atoms with Crippen LogP contribution in [-0.4, -0.2) is 33.6 Å². The molecule has 2 aromatic rings. The lowest BCUT2D eigenvalue weighted by atomic mass is 9.90. The number of carbonyl (C=O) groups excluding carboxylic acids is 1. The molecule has 1 aromatic carbocycles. The minimum atomic E-state index is 0.169. The quantitative estimate of drug-likeness (QED) is 0.792. The molecule has 2 heterocycles. The van der Waals surface area contributed by atoms with Crippen LogP contribution in [0.4, 0.5) is 0 Å². The van der Waals surface area contributed by atoms with E-state index in [0.29, 0.717) is 5.92 Å². The lowest BCUT2D eigenvalue weighted by Gasteiger charge is -2.33. The van der Waals surface area contributed by atoms with Crippen molar-refractivity contribution in [2.45, 2.75) is 53.0 Å². The minimum absolute atomic E-state index is 0.169. The van der Waals surface area contributed by atoms with Crippen molar-refractivity contribution in [1.82, 2.24) is 14.7 Å². The van der Waals surface area contributed by atoms with Gasteiger partial charge < -0.3 is 0 Å². The summed E-state index contributed by atoms with van der Waals surface area (Å²) in [4.78, 5) is 14.6. The number of hydrogen-bond donors (Lipinski definition) is 0. The van der Waals surface area contributed by atoms with Gasteiger partial charge in [-0.05, 0) is 75.4 Å². The van der Waals surface area contributed by atoms with Crippen LogP contribution >= 0.6 is 0 Å². The summed E-state index contributed by atoms with van der Waals surface area (Å²) in [7, 11) is 2.03. The number of piperidine rings is 1. The molecule has 4 heteroatoms. The van der Waals surface area contributed by atoms with Crippen LogP contribution < -0.4 is 0 Å². The van der Waals surface area contributed by atoms with Crippen molar-refractivity contribution < 1.29 is 4.79 Å². The number of likely N-dealkylation sites (tertiary alicyclic amines) is 1. The number of aromatic nitrogens is 2. The molecule has 0 amide bonds. The standard InChI is InChI=1S/C21H29N3O/c1-14-11-15(2)21(17(4)25)16(3)19(14)13-24-10-6-7-18(12-24)20-8-9-22-23(20)5/h8-9,11,18H,6-7,10,12-13H2,1-5H3/t18-/m1/s1. The maximum absolute atomic E-state index is 12.1. The summed E-state index contributed by atoms with van der Waals surface area (Å²) in [6, 6.07) is 4.31. The van der Waals surface area contributed by atoms with Crippen LogP contribution in [0.15, 0.2) is 18.3 Å². The van der Waals surface area contributed by atoms with E-state index < -0.39 is 0 Å². The lowest BCUT2D eigenvalue weighted by Crippen LogP contribution is -2.35. The summed E-state index contributed by atoms with van der Waals surface area (Å²) in [6.45, 7) is 11.1. The molecular formula is C21H29N3O. The first-order valence-corrected chi connectivity index (χ1v) is 9.19. The first kappa shape index (κ1) is 17.9. The van der Waals surface area contributed by atoms with Gasteiger partial charge in [0.25, 0.3) is 0 Å². The van der Waals surface area contributed by atoms with Crippen molar-refractivity contribution in [1.29, 1.82) is 0 Å². The number of aryl methyl sites for hydroxylation is 3. The first-order valence-electron chi connectivity index (χ1n) is 9.19. The molecule has 1 atom stereocenters. The van der Waals surface area contributed by atoms with E-state index in [1.165, 1.54) is 29.7 Å². The summed E-state index contributed by atoms with van der Waals surface area (Å²) in [5, 5.41) is 4.33. The van der Waals surface area contributed by atoms with Crippen LogP contribution in [-0.2, 0) is 13.6 Å². The minimum Gasteiger partial charge on any atom is -0.298 e. The molecule has 3 rings (SSSR count). The van der Waals surface area contributed by atoms with Crippen molar-refractivity contribution in [3.63, 3.8) is 0 Å². The highest BCUT2D eigenvalue weighted by atomic mass is 16.1. The Morgan fingerprint density at radius 2 is 2.04 bits per heavy atom. The van der Waals surface area contributed by atoms with Crippen molar-refractivity contribution in [2.75, 3.05) is 13.1 Å². The van der Waals surface area contributed by atoms with Crippen LogP contribution in [0.25, 0.3) is 0 Å². The fourth-order valence-corrected chi connectivity index (χ4v) is 4.46. The molecule has 1 saturated heterocycles. The molecule has 0 N–H and O–H groups in total. The summed E-state index contributed by atoms with van der Waals surface area (Å²) >= 11 is 0. The molecule has 25 heavy (non-hydrogen) atoms. The van der Waals surface area contributed by atoms with E-state index in [1.54, 1.807) is 6.92 Å². The number of hydrogen-bond acceptors (Lipinski definition) is 3. The molecule has 0 unspecified atom stereocenters. The van der Waals surface area contributed by atoms with Gasteiger partial charge in [0.2, 0.25) is 0 Å². The first-order chi connectivity index (χ1) is 11.9. The molecule has 1 fully saturated rings. The number of nitrogens with zero attached hydrogens (tertiary/aromatic N) is 3. The predicted molar refractivity (Wildman–Crippen MR) is 101 cm³/mol. The third-order valence-corrected chi connectivity index (χ3v) is 5.65. The molecular weight excluding hydrogens is 310 g/mol. The fourth-order valence-electron chi connectivity index (χ4n) is 4.46. The normalized spacial score (nSPS) is 18.5. The Morgan fingerprint density at radius 3 is 2.68 bits per heavy atom. The van der Waals surface area contributed by atoms with E-state index in [-0.39, 0.29) is 5.78 Å². The Labute approximate surface area is 150 Å². The maximum Gasteiger partial charge on any atom is 0.160 e. The summed E-state index contributed by atoms with van der Waals surface area (Å²) < 4.78 is 2.00. The van der Waals surface area contributed by atoms with Gasteiger partial charge in [-0.1, -0.05) is 6.07 Å².